The average molecular weight is 483 g/mol. The summed E-state index contributed by atoms with van der Waals surface area (Å²) in [5, 5.41) is 8.64. The molecule has 0 fully saturated rings. The molecule has 2 aromatic rings. The van der Waals surface area contributed by atoms with Gasteiger partial charge in [-0.05, 0) is 74.7 Å². The number of unbranched alkanes of at least 4 members (excludes halogenated alkanes) is 1. The van der Waals surface area contributed by atoms with Gasteiger partial charge in [0.25, 0.3) is 0 Å². The van der Waals surface area contributed by atoms with Crippen molar-refractivity contribution in [3.05, 3.63) is 59.7 Å². The number of carbonyl (C=O) groups excluding carboxylic acids is 3. The average Bonchev–Trinajstić information content (AvgIpc) is 2.82. The highest BCUT2D eigenvalue weighted by Gasteiger charge is 2.20. The minimum Gasteiger partial charge on any atom is -0.444 e. The highest BCUT2D eigenvalue weighted by molar-refractivity contribution is 5.90. The van der Waals surface area contributed by atoms with E-state index in [1.807, 2.05) is 45.2 Å². The summed E-state index contributed by atoms with van der Waals surface area (Å²) in [4.78, 5) is 35.2. The van der Waals surface area contributed by atoms with Gasteiger partial charge in [-0.2, -0.15) is 0 Å². The van der Waals surface area contributed by atoms with Crippen molar-refractivity contribution in [3.63, 3.8) is 0 Å². The number of amides is 2. The Kier molecular flexibility index (Phi) is 11.4. The lowest BCUT2D eigenvalue weighted by molar-refractivity contribution is -0.116. The topological polar surface area (TPSA) is 123 Å². The Morgan fingerprint density at radius 1 is 0.971 bits per heavy atom. The Balaban J connectivity index is 1.73. The molecular weight excluding hydrogens is 444 g/mol. The normalized spacial score (nSPS) is 12.0. The molecule has 5 N–H and O–H groups in total. The number of aldehydes is 1. The van der Waals surface area contributed by atoms with Crippen LogP contribution < -0.4 is 21.7 Å². The number of hydrogen-bond acceptors (Lipinski definition) is 6. The third kappa shape index (κ3) is 11.2. The maximum Gasteiger partial charge on any atom is 0.411 e. The van der Waals surface area contributed by atoms with E-state index in [0.717, 1.165) is 36.8 Å². The van der Waals surface area contributed by atoms with E-state index in [2.05, 4.69) is 16.0 Å². The van der Waals surface area contributed by atoms with Crippen molar-refractivity contribution in [2.24, 2.45) is 11.1 Å². The third-order valence-corrected chi connectivity index (χ3v) is 5.49. The van der Waals surface area contributed by atoms with E-state index in [1.165, 1.54) is 0 Å². The van der Waals surface area contributed by atoms with Crippen molar-refractivity contribution in [2.45, 2.75) is 58.6 Å². The van der Waals surface area contributed by atoms with Gasteiger partial charge in [0.1, 0.15) is 12.9 Å². The van der Waals surface area contributed by atoms with Gasteiger partial charge in [-0.1, -0.05) is 38.1 Å². The minimum absolute atomic E-state index is 0.0118. The number of ether oxygens (including phenoxy) is 1. The molecule has 2 amide bonds. The highest BCUT2D eigenvalue weighted by Crippen LogP contribution is 2.21. The molecule has 0 radical (unpaired) electrons. The molecule has 0 saturated carbocycles. The standard InChI is InChI=1S/C27H38N4O4/c1-27(2,19-32)17-22(28)16-20-7-11-24(12-8-20)31-26(34)35-18-21-9-13-23(14-10-21)30-25(33)6-4-5-15-29-3/h7-14,19,22,29H,4-6,15-18,28H2,1-3H3,(H,30,33)(H,31,34). The third-order valence-electron chi connectivity index (χ3n) is 5.49. The summed E-state index contributed by atoms with van der Waals surface area (Å²) in [7, 11) is 1.89. The molecule has 2 rings (SSSR count). The molecule has 35 heavy (non-hydrogen) atoms. The molecule has 2 aromatic carbocycles. The summed E-state index contributed by atoms with van der Waals surface area (Å²) in [5.74, 6) is -0.0118. The van der Waals surface area contributed by atoms with Crippen LogP contribution >= 0.6 is 0 Å². The quantitative estimate of drug-likeness (QED) is 0.236. The molecule has 0 spiro atoms. The van der Waals surface area contributed by atoms with Gasteiger partial charge in [0.05, 0.1) is 0 Å². The van der Waals surface area contributed by atoms with E-state index in [9.17, 15) is 14.4 Å². The second-order valence-corrected chi connectivity index (χ2v) is 9.48. The zero-order valence-electron chi connectivity index (χ0n) is 20.9. The molecule has 8 heteroatoms. The molecule has 0 aliphatic heterocycles. The Labute approximate surface area is 208 Å². The van der Waals surface area contributed by atoms with Crippen LogP contribution in [0.4, 0.5) is 16.2 Å². The van der Waals surface area contributed by atoms with Crippen molar-refractivity contribution < 1.29 is 19.1 Å². The summed E-state index contributed by atoms with van der Waals surface area (Å²) in [6, 6.07) is 14.5. The lowest BCUT2D eigenvalue weighted by Gasteiger charge is -2.21. The van der Waals surface area contributed by atoms with Gasteiger partial charge < -0.3 is 25.9 Å². The molecular formula is C27H38N4O4. The molecule has 190 valence electrons. The van der Waals surface area contributed by atoms with Crippen LogP contribution in [-0.2, 0) is 27.4 Å². The van der Waals surface area contributed by atoms with Gasteiger partial charge in [-0.3, -0.25) is 10.1 Å². The van der Waals surface area contributed by atoms with E-state index in [0.29, 0.717) is 30.6 Å². The van der Waals surface area contributed by atoms with Crippen LogP contribution in [0.2, 0.25) is 0 Å². The number of anilines is 2. The Morgan fingerprint density at radius 3 is 2.17 bits per heavy atom. The number of rotatable bonds is 14. The smallest absolute Gasteiger partial charge is 0.411 e. The molecule has 0 aliphatic rings. The Bertz CT molecular complexity index is 943. The fourth-order valence-corrected chi connectivity index (χ4v) is 3.62. The summed E-state index contributed by atoms with van der Waals surface area (Å²) in [5.41, 5.74) is 8.91. The fourth-order valence-electron chi connectivity index (χ4n) is 3.62. The summed E-state index contributed by atoms with van der Waals surface area (Å²) in [6.45, 7) is 4.76. The largest absolute Gasteiger partial charge is 0.444 e. The molecule has 0 saturated heterocycles. The predicted molar refractivity (Wildman–Crippen MR) is 139 cm³/mol. The molecule has 0 aromatic heterocycles. The van der Waals surface area contributed by atoms with E-state index in [-0.39, 0.29) is 18.6 Å². The maximum absolute atomic E-state index is 12.1. The first-order chi connectivity index (χ1) is 16.7. The van der Waals surface area contributed by atoms with E-state index >= 15 is 0 Å². The molecule has 0 bridgehead atoms. The van der Waals surface area contributed by atoms with Crippen LogP contribution in [0.25, 0.3) is 0 Å². The maximum atomic E-state index is 12.1. The van der Waals surface area contributed by atoms with Crippen LogP contribution in [0.15, 0.2) is 48.5 Å². The van der Waals surface area contributed by atoms with Crippen molar-refractivity contribution in [1.29, 1.82) is 0 Å². The molecule has 0 aliphatic carbocycles. The zero-order chi connectivity index (χ0) is 25.7. The predicted octanol–water partition coefficient (Wildman–Crippen LogP) is 4.25. The van der Waals surface area contributed by atoms with Gasteiger partial charge in [-0.25, -0.2) is 4.79 Å². The molecule has 0 heterocycles. The van der Waals surface area contributed by atoms with Gasteiger partial charge in [0.15, 0.2) is 0 Å². The summed E-state index contributed by atoms with van der Waals surface area (Å²) in [6.07, 6.45) is 3.92. The SMILES string of the molecule is CNCCCCC(=O)Nc1ccc(COC(=O)Nc2ccc(CC(N)CC(C)(C)C=O)cc2)cc1. The van der Waals surface area contributed by atoms with Gasteiger partial charge in [0.2, 0.25) is 5.91 Å². The number of hydrogen-bond donors (Lipinski definition) is 4. The Morgan fingerprint density at radius 2 is 1.57 bits per heavy atom. The second-order valence-electron chi connectivity index (χ2n) is 9.48. The fraction of sp³-hybridized carbons (Fsp3) is 0.444. The number of nitrogens with one attached hydrogen (secondary N) is 3. The number of benzene rings is 2. The number of carbonyl (C=O) groups is 3. The van der Waals surface area contributed by atoms with Crippen LogP contribution in [-0.4, -0.2) is 37.9 Å². The van der Waals surface area contributed by atoms with Crippen LogP contribution in [0, 0.1) is 5.41 Å². The van der Waals surface area contributed by atoms with Crippen molar-refractivity contribution in [1.82, 2.24) is 5.32 Å². The lowest BCUT2D eigenvalue weighted by Crippen LogP contribution is -2.30. The lowest BCUT2D eigenvalue weighted by atomic mass is 9.86. The Hall–Kier alpha value is -3.23. The van der Waals surface area contributed by atoms with Gasteiger partial charge in [-0.15, -0.1) is 0 Å². The summed E-state index contributed by atoms with van der Waals surface area (Å²) >= 11 is 0. The first-order valence-corrected chi connectivity index (χ1v) is 12.0. The van der Waals surface area contributed by atoms with E-state index in [1.54, 1.807) is 24.3 Å². The van der Waals surface area contributed by atoms with Gasteiger partial charge in [0, 0.05) is 29.3 Å². The van der Waals surface area contributed by atoms with Crippen LogP contribution in [0.5, 0.6) is 0 Å². The van der Waals surface area contributed by atoms with Crippen molar-refractivity contribution >= 4 is 29.7 Å². The van der Waals surface area contributed by atoms with Crippen molar-refractivity contribution in [3.8, 4) is 0 Å². The summed E-state index contributed by atoms with van der Waals surface area (Å²) < 4.78 is 5.29. The van der Waals surface area contributed by atoms with Crippen LogP contribution in [0.1, 0.15) is 50.7 Å². The van der Waals surface area contributed by atoms with Crippen LogP contribution in [0.3, 0.4) is 0 Å². The molecule has 1 unspecified atom stereocenters. The van der Waals surface area contributed by atoms with E-state index < -0.39 is 11.5 Å². The molecule has 1 atom stereocenters. The van der Waals surface area contributed by atoms with Crippen molar-refractivity contribution in [2.75, 3.05) is 24.2 Å². The van der Waals surface area contributed by atoms with Gasteiger partial charge >= 0.3 is 6.09 Å². The first-order valence-electron chi connectivity index (χ1n) is 12.0. The first kappa shape index (κ1) is 28.0. The highest BCUT2D eigenvalue weighted by atomic mass is 16.5. The zero-order valence-corrected chi connectivity index (χ0v) is 20.9. The number of nitrogens with two attached hydrogens (primary N) is 1. The monoisotopic (exact) mass is 482 g/mol. The minimum atomic E-state index is -0.555. The molecule has 8 nitrogen and oxygen atoms in total. The van der Waals surface area contributed by atoms with E-state index in [4.69, 9.17) is 10.5 Å². The second kappa shape index (κ2) is 14.2.